The Morgan fingerprint density at radius 3 is 2.37 bits per heavy atom. The van der Waals surface area contributed by atoms with Gasteiger partial charge in [-0.15, -0.1) is 0 Å². The van der Waals surface area contributed by atoms with Gasteiger partial charge in [-0.2, -0.15) is 0 Å². The van der Waals surface area contributed by atoms with Gasteiger partial charge in [0.05, 0.1) is 10.6 Å². The lowest BCUT2D eigenvalue weighted by atomic mass is 10.2. The Morgan fingerprint density at radius 2 is 1.74 bits per heavy atom. The molecule has 0 saturated heterocycles. The van der Waals surface area contributed by atoms with Gasteiger partial charge in [0.15, 0.2) is 0 Å². The monoisotopic (exact) mass is 281 g/mol. The van der Waals surface area contributed by atoms with Gasteiger partial charge in [-0.3, -0.25) is 4.72 Å². The van der Waals surface area contributed by atoms with Crippen molar-refractivity contribution in [3.8, 4) is 5.75 Å². The zero-order valence-electron chi connectivity index (χ0n) is 10.1. The molecule has 2 aromatic rings. The minimum absolute atomic E-state index is 0.0433. The lowest BCUT2D eigenvalue weighted by Crippen LogP contribution is -2.13. The van der Waals surface area contributed by atoms with Crippen LogP contribution in [-0.4, -0.2) is 13.5 Å². The summed E-state index contributed by atoms with van der Waals surface area (Å²) in [6, 6.07) is 9.23. The number of hydrogen-bond donors (Lipinski definition) is 2. The maximum atomic E-state index is 13.0. The van der Waals surface area contributed by atoms with Crippen LogP contribution >= 0.6 is 0 Å². The van der Waals surface area contributed by atoms with E-state index in [0.717, 1.165) is 23.8 Å². The van der Waals surface area contributed by atoms with Crippen molar-refractivity contribution in [3.63, 3.8) is 0 Å². The average Bonchev–Trinajstić information content (AvgIpc) is 2.34. The van der Waals surface area contributed by atoms with Gasteiger partial charge in [0, 0.05) is 6.07 Å². The van der Waals surface area contributed by atoms with E-state index in [0.29, 0.717) is 0 Å². The average molecular weight is 281 g/mol. The summed E-state index contributed by atoms with van der Waals surface area (Å²) < 4.78 is 39.2. The molecule has 0 aliphatic rings. The highest BCUT2D eigenvalue weighted by atomic mass is 32.2. The number of benzene rings is 2. The summed E-state index contributed by atoms with van der Waals surface area (Å²) in [5.41, 5.74) is 0.730. The number of sulfonamides is 1. The molecule has 0 spiro atoms. The Balaban J connectivity index is 2.36. The lowest BCUT2D eigenvalue weighted by molar-refractivity contribution is 0.475. The highest BCUT2D eigenvalue weighted by molar-refractivity contribution is 7.92. The van der Waals surface area contributed by atoms with Crippen molar-refractivity contribution in [1.82, 2.24) is 0 Å². The minimum atomic E-state index is -3.85. The van der Waals surface area contributed by atoms with E-state index in [1.807, 2.05) is 6.92 Å². The Labute approximate surface area is 110 Å². The summed E-state index contributed by atoms with van der Waals surface area (Å²) in [5, 5.41) is 9.50. The van der Waals surface area contributed by atoms with Crippen molar-refractivity contribution in [2.75, 3.05) is 4.72 Å². The number of aromatic hydroxyl groups is 1. The van der Waals surface area contributed by atoms with Crippen molar-refractivity contribution >= 4 is 15.7 Å². The number of nitrogens with one attached hydrogen (secondary N) is 1. The molecular formula is C13H12FNO3S. The van der Waals surface area contributed by atoms with E-state index in [1.54, 1.807) is 12.1 Å². The zero-order valence-corrected chi connectivity index (χ0v) is 10.9. The van der Waals surface area contributed by atoms with Crippen LogP contribution in [0.15, 0.2) is 47.4 Å². The van der Waals surface area contributed by atoms with E-state index >= 15 is 0 Å². The van der Waals surface area contributed by atoms with E-state index in [1.165, 1.54) is 12.1 Å². The number of rotatable bonds is 3. The van der Waals surface area contributed by atoms with Gasteiger partial charge in [0.2, 0.25) is 0 Å². The fourth-order valence-electron chi connectivity index (χ4n) is 1.51. The topological polar surface area (TPSA) is 66.4 Å². The van der Waals surface area contributed by atoms with E-state index in [4.69, 9.17) is 0 Å². The van der Waals surface area contributed by atoms with Crippen molar-refractivity contribution in [2.24, 2.45) is 0 Å². The van der Waals surface area contributed by atoms with Gasteiger partial charge in [-0.25, -0.2) is 12.8 Å². The van der Waals surface area contributed by atoms with Gasteiger partial charge >= 0.3 is 0 Å². The van der Waals surface area contributed by atoms with Gasteiger partial charge in [-0.1, -0.05) is 17.7 Å². The summed E-state index contributed by atoms with van der Waals surface area (Å²) in [5.74, 6) is -0.975. The third-order valence-electron chi connectivity index (χ3n) is 2.53. The molecule has 0 aromatic heterocycles. The highest BCUT2D eigenvalue weighted by Gasteiger charge is 2.16. The number of aryl methyl sites for hydroxylation is 1. The molecule has 100 valence electrons. The smallest absolute Gasteiger partial charge is 0.262 e. The first-order chi connectivity index (χ1) is 8.88. The first-order valence-corrected chi connectivity index (χ1v) is 6.95. The molecule has 0 radical (unpaired) electrons. The Hall–Kier alpha value is -2.08. The molecule has 0 aliphatic carbocycles. The second-order valence-corrected chi connectivity index (χ2v) is 5.76. The SMILES string of the molecule is Cc1ccc(S(=O)(=O)Nc2cc(F)ccc2O)cc1. The molecule has 0 atom stereocenters. The molecule has 0 fully saturated rings. The van der Waals surface area contributed by atoms with Crippen LogP contribution in [0.5, 0.6) is 5.75 Å². The summed E-state index contributed by atoms with van der Waals surface area (Å²) in [6.07, 6.45) is 0. The molecule has 2 N–H and O–H groups in total. The van der Waals surface area contributed by atoms with Crippen molar-refractivity contribution in [1.29, 1.82) is 0 Å². The molecule has 0 bridgehead atoms. The first kappa shape index (κ1) is 13.4. The summed E-state index contributed by atoms with van der Waals surface area (Å²) in [4.78, 5) is 0.0433. The maximum Gasteiger partial charge on any atom is 0.262 e. The molecule has 2 aromatic carbocycles. The highest BCUT2D eigenvalue weighted by Crippen LogP contribution is 2.26. The molecular weight excluding hydrogens is 269 g/mol. The second-order valence-electron chi connectivity index (χ2n) is 4.08. The zero-order chi connectivity index (χ0) is 14.0. The second kappa shape index (κ2) is 4.89. The predicted molar refractivity (Wildman–Crippen MR) is 70.1 cm³/mol. The lowest BCUT2D eigenvalue weighted by Gasteiger charge is -2.09. The van der Waals surface area contributed by atoms with E-state index < -0.39 is 15.8 Å². The van der Waals surface area contributed by atoms with Crippen molar-refractivity contribution in [2.45, 2.75) is 11.8 Å². The van der Waals surface area contributed by atoms with Gasteiger partial charge in [-0.05, 0) is 31.2 Å². The normalized spacial score (nSPS) is 11.3. The minimum Gasteiger partial charge on any atom is -0.506 e. The third kappa shape index (κ3) is 3.03. The molecule has 0 unspecified atom stereocenters. The van der Waals surface area contributed by atoms with Crippen LogP contribution in [-0.2, 0) is 10.0 Å². The van der Waals surface area contributed by atoms with Crippen molar-refractivity contribution in [3.05, 3.63) is 53.8 Å². The van der Waals surface area contributed by atoms with E-state index in [-0.39, 0.29) is 16.3 Å². The van der Waals surface area contributed by atoms with Gasteiger partial charge < -0.3 is 5.11 Å². The Bertz CT molecular complexity index is 696. The summed E-state index contributed by atoms with van der Waals surface area (Å²) in [6.45, 7) is 1.84. The van der Waals surface area contributed by atoms with E-state index in [2.05, 4.69) is 4.72 Å². The number of anilines is 1. The molecule has 4 nitrogen and oxygen atoms in total. The van der Waals surface area contributed by atoms with Crippen LogP contribution in [0.2, 0.25) is 0 Å². The molecule has 0 saturated carbocycles. The van der Waals surface area contributed by atoms with Crippen LogP contribution < -0.4 is 4.72 Å². The molecule has 0 heterocycles. The van der Waals surface area contributed by atoms with Gasteiger partial charge in [0.25, 0.3) is 10.0 Å². The van der Waals surface area contributed by atoms with Crippen LogP contribution in [0.3, 0.4) is 0 Å². The fourth-order valence-corrected chi connectivity index (χ4v) is 2.58. The van der Waals surface area contributed by atoms with Crippen molar-refractivity contribution < 1.29 is 17.9 Å². The molecule has 19 heavy (non-hydrogen) atoms. The molecule has 0 amide bonds. The van der Waals surface area contributed by atoms with Gasteiger partial charge in [0.1, 0.15) is 11.6 Å². The fraction of sp³-hybridized carbons (Fsp3) is 0.0769. The van der Waals surface area contributed by atoms with Crippen LogP contribution in [0.1, 0.15) is 5.56 Å². The number of hydrogen-bond acceptors (Lipinski definition) is 3. The number of phenols is 1. The molecule has 0 aliphatic heterocycles. The predicted octanol–water partition coefficient (Wildman–Crippen LogP) is 2.64. The first-order valence-electron chi connectivity index (χ1n) is 5.46. The third-order valence-corrected chi connectivity index (χ3v) is 3.92. The summed E-state index contributed by atoms with van der Waals surface area (Å²) >= 11 is 0. The Morgan fingerprint density at radius 1 is 1.11 bits per heavy atom. The van der Waals surface area contributed by atoms with Crippen LogP contribution in [0.4, 0.5) is 10.1 Å². The van der Waals surface area contributed by atoms with Crippen LogP contribution in [0.25, 0.3) is 0 Å². The largest absolute Gasteiger partial charge is 0.506 e. The van der Waals surface area contributed by atoms with Crippen LogP contribution in [0, 0.1) is 12.7 Å². The number of halogens is 1. The number of phenolic OH excluding ortho intramolecular Hbond substituents is 1. The quantitative estimate of drug-likeness (QED) is 0.850. The maximum absolute atomic E-state index is 13.0. The van der Waals surface area contributed by atoms with E-state index in [9.17, 15) is 17.9 Å². The summed E-state index contributed by atoms with van der Waals surface area (Å²) in [7, 11) is -3.85. The Kier molecular flexibility index (Phi) is 3.44. The molecule has 6 heteroatoms. The standard InChI is InChI=1S/C13H12FNO3S/c1-9-2-5-11(6-3-9)19(17,18)15-12-8-10(14)4-7-13(12)16/h2-8,15-16H,1H3. The molecule has 2 rings (SSSR count).